The van der Waals surface area contributed by atoms with Gasteiger partial charge in [0.05, 0.1) is 31.0 Å². The number of aliphatic carboxylic acids is 1. The van der Waals surface area contributed by atoms with Gasteiger partial charge in [-0.3, -0.25) is 19.4 Å². The van der Waals surface area contributed by atoms with Crippen LogP contribution in [0.2, 0.25) is 0 Å². The van der Waals surface area contributed by atoms with Crippen molar-refractivity contribution in [1.82, 2.24) is 14.9 Å². The highest BCUT2D eigenvalue weighted by Gasteiger charge is 2.27. The lowest BCUT2D eigenvalue weighted by molar-refractivity contribution is -0.135. The van der Waals surface area contributed by atoms with Crippen LogP contribution in [0.15, 0.2) is 16.5 Å². The summed E-state index contributed by atoms with van der Waals surface area (Å²) in [6.07, 6.45) is 1.97. The van der Waals surface area contributed by atoms with Crippen LogP contribution in [0.3, 0.4) is 0 Å². The second-order valence-electron chi connectivity index (χ2n) is 5.39. The predicted octanol–water partition coefficient (Wildman–Crippen LogP) is -0.0542. The van der Waals surface area contributed by atoms with E-state index in [0.717, 1.165) is 4.88 Å². The average molecular weight is 365 g/mol. The highest BCUT2D eigenvalue weighted by Crippen LogP contribution is 2.28. The Labute approximate surface area is 145 Å². The van der Waals surface area contributed by atoms with E-state index < -0.39 is 35.3 Å². The molecule has 1 amide bonds. The molecule has 0 saturated heterocycles. The molecule has 132 valence electrons. The van der Waals surface area contributed by atoms with Crippen molar-refractivity contribution < 1.29 is 24.5 Å². The molecular weight excluding hydrogens is 350 g/mol. The number of aromatic hydroxyl groups is 1. The topological polar surface area (TPSA) is 131 Å². The van der Waals surface area contributed by atoms with Crippen molar-refractivity contribution >= 4 is 23.2 Å². The number of carbonyl (C=O) groups is 2. The summed E-state index contributed by atoms with van der Waals surface area (Å²) in [4.78, 5) is 40.4. The van der Waals surface area contributed by atoms with Crippen LogP contribution in [-0.4, -0.2) is 44.8 Å². The number of carbonyl (C=O) groups excluding carboxylic acids is 1. The summed E-state index contributed by atoms with van der Waals surface area (Å²) in [5.74, 6) is -2.58. The summed E-state index contributed by atoms with van der Waals surface area (Å²) in [7, 11) is 0. The van der Waals surface area contributed by atoms with Gasteiger partial charge >= 0.3 is 5.97 Å². The fraction of sp³-hybridized carbons (Fsp3) is 0.333. The molecular formula is C15H15N3O6S. The van der Waals surface area contributed by atoms with Crippen LogP contribution < -0.4 is 10.9 Å². The lowest BCUT2D eigenvalue weighted by Gasteiger charge is -2.23. The number of carboxylic acids is 1. The second kappa shape index (κ2) is 7.03. The van der Waals surface area contributed by atoms with Gasteiger partial charge in [-0.15, -0.1) is 11.3 Å². The number of hydrogen-bond donors (Lipinski definition) is 3. The van der Waals surface area contributed by atoms with Crippen molar-refractivity contribution in [3.8, 4) is 5.75 Å². The molecule has 2 aromatic rings. The van der Waals surface area contributed by atoms with Crippen LogP contribution >= 0.6 is 11.3 Å². The average Bonchev–Trinajstić information content (AvgIpc) is 3.10. The third-order valence-electron chi connectivity index (χ3n) is 3.82. The number of ether oxygens (including phenoxy) is 1. The molecule has 25 heavy (non-hydrogen) atoms. The summed E-state index contributed by atoms with van der Waals surface area (Å²) < 4.78 is 6.76. The minimum Gasteiger partial charge on any atom is -0.507 e. The zero-order chi connectivity index (χ0) is 18.0. The number of nitrogens with zero attached hydrogens (tertiary/aromatic N) is 2. The normalized spacial score (nSPS) is 13.3. The number of rotatable bonds is 5. The number of carboxylic acid groups (broad SMARTS) is 1. The lowest BCUT2D eigenvalue weighted by atomic mass is 10.0. The van der Waals surface area contributed by atoms with Crippen LogP contribution in [0.1, 0.15) is 26.5 Å². The zero-order valence-electron chi connectivity index (χ0n) is 13.0. The van der Waals surface area contributed by atoms with Crippen molar-refractivity contribution in [1.29, 1.82) is 0 Å². The molecule has 3 N–H and O–H groups in total. The summed E-state index contributed by atoms with van der Waals surface area (Å²) >= 11 is 1.36. The molecule has 0 fully saturated rings. The quantitative estimate of drug-likeness (QED) is 0.677. The third kappa shape index (κ3) is 3.39. The van der Waals surface area contributed by atoms with Crippen LogP contribution in [0, 0.1) is 0 Å². The Morgan fingerprint density at radius 3 is 2.92 bits per heavy atom. The molecule has 0 atom stereocenters. The van der Waals surface area contributed by atoms with Gasteiger partial charge in [-0.05, 0) is 0 Å². The highest BCUT2D eigenvalue weighted by atomic mass is 32.1. The van der Waals surface area contributed by atoms with E-state index in [-0.39, 0.29) is 13.2 Å². The Bertz CT molecular complexity index is 874. The number of aromatic nitrogens is 2. The summed E-state index contributed by atoms with van der Waals surface area (Å²) in [6, 6.07) is 0. The van der Waals surface area contributed by atoms with E-state index in [2.05, 4.69) is 10.3 Å². The standard InChI is InChI=1S/C15H15N3O6S/c19-11(20)4-17-14(22)12-13(21)9-1-2-24-6-10(9)18(15(12)23)5-8-3-16-7-25-8/h3,7,21H,1-2,4-6H2,(H,17,22)(H,19,20). The maximum absolute atomic E-state index is 12.8. The molecule has 1 aliphatic rings. The number of hydrogen-bond acceptors (Lipinski definition) is 7. The van der Waals surface area contributed by atoms with Crippen LogP contribution in [0.4, 0.5) is 0 Å². The number of amides is 1. The van der Waals surface area contributed by atoms with Crippen molar-refractivity contribution in [2.45, 2.75) is 19.6 Å². The van der Waals surface area contributed by atoms with Gasteiger partial charge in [0.1, 0.15) is 17.9 Å². The van der Waals surface area contributed by atoms with E-state index in [1.54, 1.807) is 11.7 Å². The second-order valence-corrected chi connectivity index (χ2v) is 6.36. The predicted molar refractivity (Wildman–Crippen MR) is 86.9 cm³/mol. The number of nitrogens with one attached hydrogen (secondary N) is 1. The molecule has 0 saturated carbocycles. The maximum atomic E-state index is 12.8. The van der Waals surface area contributed by atoms with Crippen LogP contribution in [0.5, 0.6) is 5.75 Å². The van der Waals surface area contributed by atoms with Gasteiger partial charge in [-0.25, -0.2) is 0 Å². The Hall–Kier alpha value is -2.72. The molecule has 0 aliphatic carbocycles. The Kier molecular flexibility index (Phi) is 4.81. The van der Waals surface area contributed by atoms with Gasteiger partial charge < -0.3 is 24.8 Å². The minimum atomic E-state index is -1.25. The van der Waals surface area contributed by atoms with E-state index in [1.807, 2.05) is 0 Å². The molecule has 0 aromatic carbocycles. The number of pyridine rings is 1. The molecule has 10 heteroatoms. The van der Waals surface area contributed by atoms with Crippen LogP contribution in [-0.2, 0) is 29.1 Å². The van der Waals surface area contributed by atoms with Gasteiger partial charge in [0, 0.05) is 23.1 Å². The molecule has 9 nitrogen and oxygen atoms in total. The molecule has 3 heterocycles. The van der Waals surface area contributed by atoms with E-state index in [9.17, 15) is 19.5 Å². The monoisotopic (exact) mass is 365 g/mol. The fourth-order valence-corrected chi connectivity index (χ4v) is 3.25. The summed E-state index contributed by atoms with van der Waals surface area (Å²) in [6.45, 7) is 0.0465. The first-order chi connectivity index (χ1) is 12.0. The smallest absolute Gasteiger partial charge is 0.322 e. The Balaban J connectivity index is 2.10. The maximum Gasteiger partial charge on any atom is 0.322 e. The number of fused-ring (bicyclic) bond motifs is 1. The first-order valence-electron chi connectivity index (χ1n) is 7.41. The first kappa shape index (κ1) is 17.1. The van der Waals surface area contributed by atoms with Gasteiger partial charge in [-0.1, -0.05) is 0 Å². The van der Waals surface area contributed by atoms with Crippen molar-refractivity contribution in [2.75, 3.05) is 13.2 Å². The molecule has 0 radical (unpaired) electrons. The summed E-state index contributed by atoms with van der Waals surface area (Å²) in [5.41, 5.74) is 1.46. The molecule has 1 aliphatic heterocycles. The number of thiazole rings is 1. The largest absolute Gasteiger partial charge is 0.507 e. The van der Waals surface area contributed by atoms with E-state index in [4.69, 9.17) is 9.84 Å². The van der Waals surface area contributed by atoms with Gasteiger partial charge in [0.15, 0.2) is 0 Å². The fourth-order valence-electron chi connectivity index (χ4n) is 2.67. The molecule has 2 aromatic heterocycles. The molecule has 0 spiro atoms. The zero-order valence-corrected chi connectivity index (χ0v) is 13.8. The van der Waals surface area contributed by atoms with Gasteiger partial charge in [0.25, 0.3) is 11.5 Å². The van der Waals surface area contributed by atoms with Gasteiger partial charge in [0.2, 0.25) is 0 Å². The Morgan fingerprint density at radius 2 is 2.24 bits per heavy atom. The van der Waals surface area contributed by atoms with E-state index in [1.165, 1.54) is 15.9 Å². The van der Waals surface area contributed by atoms with E-state index in [0.29, 0.717) is 24.3 Å². The first-order valence-corrected chi connectivity index (χ1v) is 8.29. The third-order valence-corrected chi connectivity index (χ3v) is 4.58. The van der Waals surface area contributed by atoms with Crippen molar-refractivity contribution in [2.24, 2.45) is 0 Å². The minimum absolute atomic E-state index is 0.147. The summed E-state index contributed by atoms with van der Waals surface area (Å²) in [5, 5.41) is 21.2. The molecule has 3 rings (SSSR count). The van der Waals surface area contributed by atoms with E-state index >= 15 is 0 Å². The van der Waals surface area contributed by atoms with Crippen molar-refractivity contribution in [3.63, 3.8) is 0 Å². The van der Waals surface area contributed by atoms with Crippen molar-refractivity contribution in [3.05, 3.63) is 43.8 Å². The molecule has 0 bridgehead atoms. The van der Waals surface area contributed by atoms with Gasteiger partial charge in [-0.2, -0.15) is 0 Å². The lowest BCUT2D eigenvalue weighted by Crippen LogP contribution is -2.38. The van der Waals surface area contributed by atoms with Crippen LogP contribution in [0.25, 0.3) is 0 Å². The highest BCUT2D eigenvalue weighted by molar-refractivity contribution is 7.09. The Morgan fingerprint density at radius 1 is 1.44 bits per heavy atom. The SMILES string of the molecule is O=C(O)CNC(=O)c1c(O)c2c(n(Cc3cncs3)c1=O)COCC2. The molecule has 0 unspecified atom stereocenters.